The van der Waals surface area contributed by atoms with Gasteiger partial charge >= 0.3 is 0 Å². The Kier molecular flexibility index (Phi) is 7.88. The molecule has 1 amide bonds. The number of alkyl halides is 1. The Balaban J connectivity index is 2.16. The van der Waals surface area contributed by atoms with Crippen LogP contribution < -0.4 is 19.5 Å². The lowest BCUT2D eigenvalue weighted by atomic mass is 9.75. The van der Waals surface area contributed by atoms with Crippen molar-refractivity contribution in [3.05, 3.63) is 17.7 Å². The molecule has 1 aromatic rings. The van der Waals surface area contributed by atoms with Gasteiger partial charge in [-0.3, -0.25) is 4.79 Å². The van der Waals surface area contributed by atoms with Crippen LogP contribution >= 0.6 is 22.6 Å². The third-order valence-corrected chi connectivity index (χ3v) is 6.46. The van der Waals surface area contributed by atoms with Gasteiger partial charge in [0.1, 0.15) is 6.61 Å². The molecule has 1 fully saturated rings. The molecular weight excluding hydrogens is 445 g/mol. The molecule has 1 aliphatic rings. The van der Waals surface area contributed by atoms with E-state index in [0.717, 1.165) is 4.43 Å². The second kappa shape index (κ2) is 9.91. The second-order valence-corrected chi connectivity index (χ2v) is 7.34. The summed E-state index contributed by atoms with van der Waals surface area (Å²) in [5.41, 5.74) is 0.685. The zero-order chi connectivity index (χ0) is 19.0. The maximum absolute atomic E-state index is 12.7. The molecule has 142 valence electrons. The van der Waals surface area contributed by atoms with Crippen molar-refractivity contribution in [1.82, 2.24) is 5.32 Å². The van der Waals surface area contributed by atoms with Gasteiger partial charge in [-0.2, -0.15) is 0 Å². The SMILES string of the molecule is C#CCOc1c(OC)cc(C(=O)NCC2(CI)CCCCC2)cc1OC. The van der Waals surface area contributed by atoms with Gasteiger partial charge in [0.15, 0.2) is 11.5 Å². The summed E-state index contributed by atoms with van der Waals surface area (Å²) in [4.78, 5) is 12.7. The summed E-state index contributed by atoms with van der Waals surface area (Å²) in [7, 11) is 3.04. The van der Waals surface area contributed by atoms with Crippen LogP contribution in [0.3, 0.4) is 0 Å². The minimum Gasteiger partial charge on any atom is -0.493 e. The van der Waals surface area contributed by atoms with Crippen molar-refractivity contribution in [3.8, 4) is 29.6 Å². The molecule has 1 aromatic carbocycles. The molecule has 0 unspecified atom stereocenters. The maximum Gasteiger partial charge on any atom is 0.251 e. The summed E-state index contributed by atoms with van der Waals surface area (Å²) < 4.78 is 17.3. The molecule has 0 radical (unpaired) electrons. The zero-order valence-electron chi connectivity index (χ0n) is 15.4. The maximum atomic E-state index is 12.7. The average molecular weight is 471 g/mol. The minimum atomic E-state index is -0.139. The normalized spacial score (nSPS) is 15.6. The highest BCUT2D eigenvalue weighted by molar-refractivity contribution is 14.1. The summed E-state index contributed by atoms with van der Waals surface area (Å²) in [5.74, 6) is 3.52. The third kappa shape index (κ3) is 4.97. The third-order valence-electron chi connectivity index (χ3n) is 4.84. The van der Waals surface area contributed by atoms with E-state index in [2.05, 4.69) is 33.8 Å². The Morgan fingerprint density at radius 2 is 1.85 bits per heavy atom. The van der Waals surface area contributed by atoms with Crippen LogP contribution in [-0.2, 0) is 0 Å². The van der Waals surface area contributed by atoms with Crippen molar-refractivity contribution in [2.45, 2.75) is 32.1 Å². The monoisotopic (exact) mass is 471 g/mol. The van der Waals surface area contributed by atoms with E-state index in [1.807, 2.05) is 0 Å². The Hall–Kier alpha value is -1.62. The Morgan fingerprint density at radius 1 is 1.23 bits per heavy atom. The quantitative estimate of drug-likeness (QED) is 0.356. The van der Waals surface area contributed by atoms with E-state index in [1.165, 1.54) is 46.3 Å². The second-order valence-electron chi connectivity index (χ2n) is 6.58. The summed E-state index contributed by atoms with van der Waals surface area (Å²) in [6, 6.07) is 3.31. The molecule has 0 aliphatic heterocycles. The lowest BCUT2D eigenvalue weighted by molar-refractivity contribution is 0.0922. The number of hydrogen-bond donors (Lipinski definition) is 1. The van der Waals surface area contributed by atoms with Crippen molar-refractivity contribution in [2.75, 3.05) is 31.8 Å². The molecule has 1 saturated carbocycles. The summed E-state index contributed by atoms with van der Waals surface area (Å²) in [5, 5.41) is 3.10. The van der Waals surface area contributed by atoms with Crippen LogP contribution in [0.2, 0.25) is 0 Å². The zero-order valence-corrected chi connectivity index (χ0v) is 17.6. The van der Waals surface area contributed by atoms with Crippen molar-refractivity contribution in [1.29, 1.82) is 0 Å². The summed E-state index contributed by atoms with van der Waals surface area (Å²) in [6.45, 7) is 0.783. The molecule has 0 saturated heterocycles. The number of methoxy groups -OCH3 is 2. The van der Waals surface area contributed by atoms with Crippen LogP contribution in [-0.4, -0.2) is 37.7 Å². The van der Waals surface area contributed by atoms with E-state index >= 15 is 0 Å². The van der Waals surface area contributed by atoms with Crippen molar-refractivity contribution in [3.63, 3.8) is 0 Å². The first-order chi connectivity index (χ1) is 12.6. The van der Waals surface area contributed by atoms with Crippen LogP contribution in [0.1, 0.15) is 42.5 Å². The summed E-state index contributed by atoms with van der Waals surface area (Å²) in [6.07, 6.45) is 11.4. The fraction of sp³-hybridized carbons (Fsp3) is 0.550. The van der Waals surface area contributed by atoms with Gasteiger partial charge in [0.05, 0.1) is 14.2 Å². The molecule has 0 heterocycles. The molecule has 0 atom stereocenters. The highest BCUT2D eigenvalue weighted by Crippen LogP contribution is 2.39. The largest absolute Gasteiger partial charge is 0.493 e. The van der Waals surface area contributed by atoms with E-state index in [4.69, 9.17) is 20.6 Å². The van der Waals surface area contributed by atoms with Gasteiger partial charge in [0, 0.05) is 16.5 Å². The van der Waals surface area contributed by atoms with Gasteiger partial charge < -0.3 is 19.5 Å². The number of carbonyl (C=O) groups excluding carboxylic acids is 1. The van der Waals surface area contributed by atoms with Crippen LogP contribution in [0, 0.1) is 17.8 Å². The Labute approximate surface area is 169 Å². The number of ether oxygens (including phenoxy) is 3. The van der Waals surface area contributed by atoms with E-state index in [-0.39, 0.29) is 17.9 Å². The van der Waals surface area contributed by atoms with Crippen molar-refractivity contribution < 1.29 is 19.0 Å². The van der Waals surface area contributed by atoms with Gasteiger partial charge in [-0.05, 0) is 30.4 Å². The van der Waals surface area contributed by atoms with Gasteiger partial charge in [-0.15, -0.1) is 6.42 Å². The first-order valence-electron chi connectivity index (χ1n) is 8.75. The first kappa shape index (κ1) is 20.7. The molecule has 0 aromatic heterocycles. The van der Waals surface area contributed by atoms with Crippen molar-refractivity contribution in [2.24, 2.45) is 5.41 Å². The molecule has 26 heavy (non-hydrogen) atoms. The Bertz CT molecular complexity index is 637. The number of rotatable bonds is 8. The standard InChI is InChI=1S/C20H26INO4/c1-4-10-26-18-16(24-2)11-15(12-17(18)25-3)19(23)22-14-20(13-21)8-6-5-7-9-20/h1,11-12H,5-10,13-14H2,2-3H3,(H,22,23). The van der Waals surface area contributed by atoms with E-state index < -0.39 is 0 Å². The van der Waals surface area contributed by atoms with Gasteiger partial charge in [0.25, 0.3) is 5.91 Å². The molecule has 0 bridgehead atoms. The average Bonchev–Trinajstić information content (AvgIpc) is 2.70. The van der Waals surface area contributed by atoms with E-state index in [0.29, 0.717) is 29.4 Å². The minimum absolute atomic E-state index is 0.0937. The Morgan fingerprint density at radius 3 is 2.35 bits per heavy atom. The molecule has 6 heteroatoms. The fourth-order valence-electron chi connectivity index (χ4n) is 3.30. The lowest BCUT2D eigenvalue weighted by Gasteiger charge is -2.35. The van der Waals surface area contributed by atoms with Gasteiger partial charge in [-0.25, -0.2) is 0 Å². The first-order valence-corrected chi connectivity index (χ1v) is 10.3. The number of benzene rings is 1. The van der Waals surface area contributed by atoms with Gasteiger partial charge in [0.2, 0.25) is 5.75 Å². The number of amides is 1. The molecular formula is C20H26INO4. The van der Waals surface area contributed by atoms with Crippen LogP contribution in [0.25, 0.3) is 0 Å². The number of carbonyl (C=O) groups is 1. The van der Waals surface area contributed by atoms with Crippen LogP contribution in [0.4, 0.5) is 0 Å². The molecule has 2 rings (SSSR count). The molecule has 5 nitrogen and oxygen atoms in total. The number of hydrogen-bond acceptors (Lipinski definition) is 4. The molecule has 0 spiro atoms. The smallest absolute Gasteiger partial charge is 0.251 e. The number of halogens is 1. The predicted molar refractivity (Wildman–Crippen MR) is 111 cm³/mol. The number of terminal acetylenes is 1. The number of nitrogens with one attached hydrogen (secondary N) is 1. The highest BCUT2D eigenvalue weighted by Gasteiger charge is 2.31. The highest BCUT2D eigenvalue weighted by atomic mass is 127. The molecule has 1 aliphatic carbocycles. The van der Waals surface area contributed by atoms with Crippen LogP contribution in [0.5, 0.6) is 17.2 Å². The van der Waals surface area contributed by atoms with Crippen molar-refractivity contribution >= 4 is 28.5 Å². The predicted octanol–water partition coefficient (Wildman–Crippen LogP) is 3.83. The summed E-state index contributed by atoms with van der Waals surface area (Å²) >= 11 is 2.44. The van der Waals surface area contributed by atoms with E-state index in [9.17, 15) is 4.79 Å². The topological polar surface area (TPSA) is 56.8 Å². The van der Waals surface area contributed by atoms with E-state index in [1.54, 1.807) is 12.1 Å². The lowest BCUT2D eigenvalue weighted by Crippen LogP contribution is -2.40. The van der Waals surface area contributed by atoms with Gasteiger partial charge in [-0.1, -0.05) is 47.8 Å². The fourth-order valence-corrected chi connectivity index (χ4v) is 4.33. The van der Waals surface area contributed by atoms with Crippen LogP contribution in [0.15, 0.2) is 12.1 Å². The molecule has 1 N–H and O–H groups in total.